The van der Waals surface area contributed by atoms with E-state index in [9.17, 15) is 22.4 Å². The van der Waals surface area contributed by atoms with Gasteiger partial charge in [0.15, 0.2) is 11.6 Å². The highest BCUT2D eigenvalue weighted by molar-refractivity contribution is 5.93. The number of hydrogen-bond acceptors (Lipinski definition) is 4. The molecule has 0 heterocycles. The molecule has 0 fully saturated rings. The lowest BCUT2D eigenvalue weighted by Gasteiger charge is -2.13. The number of carbonyl (C=O) groups is 1. The van der Waals surface area contributed by atoms with E-state index in [2.05, 4.69) is 9.47 Å². The molecule has 1 rings (SSSR count). The molecule has 1 aromatic carbocycles. The third kappa shape index (κ3) is 3.23. The van der Waals surface area contributed by atoms with Crippen LogP contribution in [0.2, 0.25) is 0 Å². The fraction of sp³-hybridized carbons (Fsp3) is 0.222. The molecular formula is C9H7F4NO3. The van der Waals surface area contributed by atoms with E-state index in [-0.39, 0.29) is 5.69 Å². The Morgan fingerprint density at radius 1 is 1.35 bits per heavy atom. The molecule has 0 amide bonds. The molecule has 0 unspecified atom stereocenters. The number of alkyl halides is 3. The molecule has 2 N–H and O–H groups in total. The average Bonchev–Trinajstić information content (AvgIpc) is 2.19. The number of rotatable bonds is 2. The number of nitrogens with two attached hydrogens (primary N) is 1. The lowest BCUT2D eigenvalue weighted by Crippen LogP contribution is -2.20. The van der Waals surface area contributed by atoms with Crippen LogP contribution in [0.4, 0.5) is 23.2 Å². The molecule has 4 nitrogen and oxygen atoms in total. The Morgan fingerprint density at radius 2 is 1.94 bits per heavy atom. The van der Waals surface area contributed by atoms with E-state index in [0.29, 0.717) is 6.07 Å². The minimum absolute atomic E-state index is 0.225. The number of hydrogen-bond donors (Lipinski definition) is 1. The number of anilines is 1. The van der Waals surface area contributed by atoms with Gasteiger partial charge in [0.25, 0.3) is 0 Å². The monoisotopic (exact) mass is 253 g/mol. The molecule has 1 aromatic rings. The molecule has 17 heavy (non-hydrogen) atoms. The number of esters is 1. The van der Waals surface area contributed by atoms with E-state index in [1.165, 1.54) is 0 Å². The third-order valence-electron chi connectivity index (χ3n) is 1.69. The lowest BCUT2D eigenvalue weighted by molar-refractivity contribution is -0.275. The molecule has 0 aliphatic heterocycles. The van der Waals surface area contributed by atoms with E-state index in [0.717, 1.165) is 13.2 Å². The fourth-order valence-electron chi connectivity index (χ4n) is 1.10. The molecule has 0 bridgehead atoms. The number of carbonyl (C=O) groups excluding carboxylic acids is 1. The summed E-state index contributed by atoms with van der Waals surface area (Å²) in [6.45, 7) is 0. The van der Waals surface area contributed by atoms with Crippen LogP contribution in [0.15, 0.2) is 12.1 Å². The van der Waals surface area contributed by atoms with E-state index >= 15 is 0 Å². The standard InChI is InChI=1S/C9H7F4NO3/c1-16-8(15)5-2-4(14)3-6(10)7(5)17-9(11,12)13/h2-3H,14H2,1H3. The fourth-order valence-corrected chi connectivity index (χ4v) is 1.10. The molecule has 0 saturated heterocycles. The Morgan fingerprint density at radius 3 is 2.41 bits per heavy atom. The van der Waals surface area contributed by atoms with Gasteiger partial charge in [0.2, 0.25) is 0 Å². The maximum atomic E-state index is 13.2. The van der Waals surface area contributed by atoms with Crippen LogP contribution >= 0.6 is 0 Å². The van der Waals surface area contributed by atoms with Gasteiger partial charge in [-0.15, -0.1) is 13.2 Å². The van der Waals surface area contributed by atoms with Gasteiger partial charge in [-0.3, -0.25) is 0 Å². The Labute approximate surface area is 92.9 Å². The van der Waals surface area contributed by atoms with Crippen molar-refractivity contribution >= 4 is 11.7 Å². The molecule has 0 aliphatic rings. The zero-order valence-electron chi connectivity index (χ0n) is 8.47. The van der Waals surface area contributed by atoms with Crippen molar-refractivity contribution < 1.29 is 31.8 Å². The first-order valence-electron chi connectivity index (χ1n) is 4.17. The molecule has 0 saturated carbocycles. The summed E-state index contributed by atoms with van der Waals surface area (Å²) in [7, 11) is 0.931. The van der Waals surface area contributed by atoms with Crippen molar-refractivity contribution in [3.8, 4) is 5.75 Å². The maximum absolute atomic E-state index is 13.2. The van der Waals surface area contributed by atoms with E-state index in [1.807, 2.05) is 0 Å². The number of methoxy groups -OCH3 is 1. The molecule has 0 aliphatic carbocycles. The summed E-state index contributed by atoms with van der Waals surface area (Å²) in [5.74, 6) is -3.85. The molecule has 0 aromatic heterocycles. The highest BCUT2D eigenvalue weighted by Crippen LogP contribution is 2.31. The van der Waals surface area contributed by atoms with Crippen molar-refractivity contribution in [3.05, 3.63) is 23.5 Å². The van der Waals surface area contributed by atoms with E-state index in [1.54, 1.807) is 0 Å². The summed E-state index contributed by atoms with van der Waals surface area (Å²) in [6.07, 6.45) is -5.13. The van der Waals surface area contributed by atoms with Gasteiger partial charge in [-0.2, -0.15) is 0 Å². The number of benzene rings is 1. The Balaban J connectivity index is 3.30. The predicted octanol–water partition coefficient (Wildman–Crippen LogP) is 2.09. The topological polar surface area (TPSA) is 61.5 Å². The largest absolute Gasteiger partial charge is 0.573 e. The first-order valence-corrected chi connectivity index (χ1v) is 4.17. The number of ether oxygens (including phenoxy) is 2. The molecule has 8 heteroatoms. The number of nitrogen functional groups attached to an aromatic ring is 1. The van der Waals surface area contributed by atoms with E-state index < -0.39 is 29.5 Å². The highest BCUT2D eigenvalue weighted by Gasteiger charge is 2.35. The van der Waals surface area contributed by atoms with Crippen molar-refractivity contribution in [2.75, 3.05) is 12.8 Å². The second kappa shape index (κ2) is 4.48. The van der Waals surface area contributed by atoms with Gasteiger partial charge >= 0.3 is 12.3 Å². The van der Waals surface area contributed by atoms with Crippen molar-refractivity contribution in [1.29, 1.82) is 0 Å². The molecule has 0 spiro atoms. The first-order chi connectivity index (χ1) is 7.74. The van der Waals surface area contributed by atoms with Gasteiger partial charge in [0, 0.05) is 11.8 Å². The summed E-state index contributed by atoms with van der Waals surface area (Å²) in [5, 5.41) is 0. The van der Waals surface area contributed by atoms with Crippen molar-refractivity contribution in [2.24, 2.45) is 0 Å². The van der Waals surface area contributed by atoms with Crippen LogP contribution in [-0.2, 0) is 4.74 Å². The van der Waals surface area contributed by atoms with Crippen molar-refractivity contribution in [2.45, 2.75) is 6.36 Å². The maximum Gasteiger partial charge on any atom is 0.573 e. The molecule has 0 atom stereocenters. The highest BCUT2D eigenvalue weighted by atomic mass is 19.4. The van der Waals surface area contributed by atoms with Crippen LogP contribution in [0.3, 0.4) is 0 Å². The van der Waals surface area contributed by atoms with Crippen molar-refractivity contribution in [3.63, 3.8) is 0 Å². The van der Waals surface area contributed by atoms with Gasteiger partial charge in [-0.05, 0) is 6.07 Å². The lowest BCUT2D eigenvalue weighted by atomic mass is 10.1. The quantitative estimate of drug-likeness (QED) is 0.498. The number of halogens is 4. The van der Waals surface area contributed by atoms with Crippen LogP contribution in [-0.4, -0.2) is 19.4 Å². The zero-order chi connectivity index (χ0) is 13.2. The summed E-state index contributed by atoms with van der Waals surface area (Å²) in [6, 6.07) is 1.43. The summed E-state index contributed by atoms with van der Waals surface area (Å²) in [4.78, 5) is 11.1. The SMILES string of the molecule is COC(=O)c1cc(N)cc(F)c1OC(F)(F)F. The average molecular weight is 253 g/mol. The zero-order valence-corrected chi connectivity index (χ0v) is 8.47. The van der Waals surface area contributed by atoms with Gasteiger partial charge < -0.3 is 15.2 Å². The van der Waals surface area contributed by atoms with Crippen LogP contribution in [0.1, 0.15) is 10.4 Å². The van der Waals surface area contributed by atoms with Gasteiger partial charge in [0.05, 0.1) is 7.11 Å². The van der Waals surface area contributed by atoms with Gasteiger partial charge in [0.1, 0.15) is 5.56 Å². The summed E-state index contributed by atoms with van der Waals surface area (Å²) in [5.41, 5.74) is 4.24. The summed E-state index contributed by atoms with van der Waals surface area (Å²) >= 11 is 0. The molecular weight excluding hydrogens is 246 g/mol. The molecule has 0 radical (unpaired) electrons. The smallest absolute Gasteiger partial charge is 0.465 e. The Kier molecular flexibility index (Phi) is 3.45. The van der Waals surface area contributed by atoms with Gasteiger partial charge in [-0.25, -0.2) is 9.18 Å². The van der Waals surface area contributed by atoms with Crippen molar-refractivity contribution in [1.82, 2.24) is 0 Å². The van der Waals surface area contributed by atoms with Crippen LogP contribution < -0.4 is 10.5 Å². The van der Waals surface area contributed by atoms with Gasteiger partial charge in [-0.1, -0.05) is 0 Å². The molecule has 94 valence electrons. The second-order valence-corrected chi connectivity index (χ2v) is 2.92. The minimum atomic E-state index is -5.13. The Bertz CT molecular complexity index is 445. The first kappa shape index (κ1) is 13.1. The summed E-state index contributed by atoms with van der Waals surface area (Å²) < 4.78 is 56.8. The Hall–Kier alpha value is -1.99. The third-order valence-corrected chi connectivity index (χ3v) is 1.69. The normalized spacial score (nSPS) is 11.1. The van der Waals surface area contributed by atoms with Crippen LogP contribution in [0.25, 0.3) is 0 Å². The van der Waals surface area contributed by atoms with E-state index in [4.69, 9.17) is 5.73 Å². The predicted molar refractivity (Wildman–Crippen MR) is 48.8 cm³/mol. The minimum Gasteiger partial charge on any atom is -0.465 e. The van der Waals surface area contributed by atoms with Crippen LogP contribution in [0.5, 0.6) is 5.75 Å². The van der Waals surface area contributed by atoms with Crippen LogP contribution in [0, 0.1) is 5.82 Å². The second-order valence-electron chi connectivity index (χ2n) is 2.92.